The van der Waals surface area contributed by atoms with E-state index in [4.69, 9.17) is 4.74 Å². The van der Waals surface area contributed by atoms with Crippen LogP contribution in [0.5, 0.6) is 5.75 Å². The quantitative estimate of drug-likeness (QED) is 0.459. The van der Waals surface area contributed by atoms with Gasteiger partial charge in [0.1, 0.15) is 6.10 Å². The molecule has 134 valence electrons. The fraction of sp³-hybridized carbons (Fsp3) is 0.368. The number of halogens is 1. The highest BCUT2D eigenvalue weighted by atomic mass is 35.5. The molecule has 2 atom stereocenters. The van der Waals surface area contributed by atoms with Crippen molar-refractivity contribution in [3.63, 3.8) is 0 Å². The first-order chi connectivity index (χ1) is 11.6. The fourth-order valence-electron chi connectivity index (χ4n) is 3.33. The van der Waals surface area contributed by atoms with E-state index in [1.54, 1.807) is 18.2 Å². The minimum Gasteiger partial charge on any atom is -0.479 e. The molecule has 0 N–H and O–H groups in total. The van der Waals surface area contributed by atoms with Crippen molar-refractivity contribution in [2.75, 3.05) is 14.1 Å². The Bertz CT molecular complexity index is 736. The Morgan fingerprint density at radius 3 is 2.52 bits per heavy atom. The van der Waals surface area contributed by atoms with Crippen molar-refractivity contribution < 1.29 is 9.66 Å². The molecule has 1 aliphatic rings. The smallest absolute Gasteiger partial charge is 0.310 e. The molecule has 0 fully saturated rings. The summed E-state index contributed by atoms with van der Waals surface area (Å²) in [6.07, 6.45) is 2.68. The summed E-state index contributed by atoms with van der Waals surface area (Å²) in [6.45, 7) is 0. The number of para-hydroxylation sites is 2. The van der Waals surface area contributed by atoms with Crippen LogP contribution < -0.4 is 4.74 Å². The van der Waals surface area contributed by atoms with Crippen LogP contribution in [0.1, 0.15) is 30.1 Å². The van der Waals surface area contributed by atoms with Crippen molar-refractivity contribution in [1.82, 2.24) is 4.90 Å². The largest absolute Gasteiger partial charge is 0.479 e. The van der Waals surface area contributed by atoms with Gasteiger partial charge >= 0.3 is 5.69 Å². The molecule has 0 amide bonds. The average molecular weight is 363 g/mol. The molecule has 2 aromatic carbocycles. The van der Waals surface area contributed by atoms with Crippen molar-refractivity contribution in [2.24, 2.45) is 0 Å². The highest BCUT2D eigenvalue weighted by Gasteiger charge is 2.28. The number of hydrogen-bond donors (Lipinski definition) is 0. The lowest BCUT2D eigenvalue weighted by Gasteiger charge is -2.26. The van der Waals surface area contributed by atoms with Crippen LogP contribution in [0, 0.1) is 10.1 Å². The maximum atomic E-state index is 11.3. The van der Waals surface area contributed by atoms with Crippen LogP contribution in [-0.4, -0.2) is 30.0 Å². The molecular weight excluding hydrogens is 340 g/mol. The lowest BCUT2D eigenvalue weighted by molar-refractivity contribution is -0.386. The van der Waals surface area contributed by atoms with Gasteiger partial charge in [-0.15, -0.1) is 12.4 Å². The van der Waals surface area contributed by atoms with Crippen LogP contribution in [0.4, 0.5) is 5.69 Å². The Hall–Kier alpha value is -2.11. The summed E-state index contributed by atoms with van der Waals surface area (Å²) < 4.78 is 6.17. The predicted octanol–water partition coefficient (Wildman–Crippen LogP) is 4.40. The van der Waals surface area contributed by atoms with Gasteiger partial charge in [0.2, 0.25) is 0 Å². The van der Waals surface area contributed by atoms with Gasteiger partial charge in [-0.25, -0.2) is 0 Å². The molecule has 0 bridgehead atoms. The summed E-state index contributed by atoms with van der Waals surface area (Å²) in [6, 6.07) is 15.2. The molecule has 1 aliphatic carbocycles. The lowest BCUT2D eigenvalue weighted by Crippen LogP contribution is -2.30. The summed E-state index contributed by atoms with van der Waals surface area (Å²) in [5.74, 6) is 0.335. The van der Waals surface area contributed by atoms with E-state index in [2.05, 4.69) is 31.1 Å². The average Bonchev–Trinajstić information content (AvgIpc) is 2.75. The first kappa shape index (κ1) is 19.2. The fourth-order valence-corrected chi connectivity index (χ4v) is 3.33. The van der Waals surface area contributed by atoms with E-state index < -0.39 is 0 Å². The zero-order valence-corrected chi connectivity index (χ0v) is 15.2. The molecule has 2 unspecified atom stereocenters. The number of nitro benzene ring substituents is 1. The molecule has 0 spiro atoms. The monoisotopic (exact) mass is 362 g/mol. The summed E-state index contributed by atoms with van der Waals surface area (Å²) in [5, 5.41) is 11.3. The maximum absolute atomic E-state index is 11.3. The Morgan fingerprint density at radius 1 is 1.12 bits per heavy atom. The number of aryl methyl sites for hydroxylation is 1. The third-order valence-electron chi connectivity index (χ3n) is 4.70. The second-order valence-electron chi connectivity index (χ2n) is 6.42. The molecule has 5 nitrogen and oxygen atoms in total. The molecule has 0 radical (unpaired) electrons. The lowest BCUT2D eigenvalue weighted by atomic mass is 10.0. The number of rotatable bonds is 4. The molecule has 0 aromatic heterocycles. The van der Waals surface area contributed by atoms with Crippen molar-refractivity contribution in [1.29, 1.82) is 0 Å². The van der Waals surface area contributed by atoms with Crippen LogP contribution in [0.25, 0.3) is 0 Å². The minimum absolute atomic E-state index is 0. The molecule has 0 heterocycles. The van der Waals surface area contributed by atoms with Crippen LogP contribution in [-0.2, 0) is 6.42 Å². The number of nitro groups is 1. The summed E-state index contributed by atoms with van der Waals surface area (Å²) >= 11 is 0. The molecule has 0 aliphatic heterocycles. The number of ether oxygens (including phenoxy) is 1. The normalized spacial score (nSPS) is 19.5. The van der Waals surface area contributed by atoms with Gasteiger partial charge in [0, 0.05) is 18.5 Å². The highest BCUT2D eigenvalue weighted by Crippen LogP contribution is 2.37. The third kappa shape index (κ3) is 4.30. The first-order valence-corrected chi connectivity index (χ1v) is 8.20. The predicted molar refractivity (Wildman–Crippen MR) is 101 cm³/mol. The third-order valence-corrected chi connectivity index (χ3v) is 4.70. The summed E-state index contributed by atoms with van der Waals surface area (Å²) in [7, 11) is 4.14. The number of benzene rings is 2. The molecule has 25 heavy (non-hydrogen) atoms. The van der Waals surface area contributed by atoms with Crippen LogP contribution in [0.15, 0.2) is 48.5 Å². The van der Waals surface area contributed by atoms with Gasteiger partial charge < -0.3 is 9.64 Å². The number of nitrogens with zero attached hydrogens (tertiary/aromatic N) is 2. The Morgan fingerprint density at radius 2 is 1.80 bits per heavy atom. The van der Waals surface area contributed by atoms with Crippen molar-refractivity contribution >= 4 is 18.1 Å². The minimum atomic E-state index is -0.388. The van der Waals surface area contributed by atoms with E-state index >= 15 is 0 Å². The first-order valence-electron chi connectivity index (χ1n) is 8.20. The van der Waals surface area contributed by atoms with Gasteiger partial charge in [0.05, 0.1) is 4.92 Å². The standard InChI is InChI=1S/C19H22N2O3.ClH/c1-20(2)15-12-11-14-7-3-4-8-16(14)19(13-15)24-18-10-6-5-9-17(18)21(22)23;/h3-10,15,19H,11-13H2,1-2H3;1H. The Balaban J connectivity index is 0.00000225. The highest BCUT2D eigenvalue weighted by molar-refractivity contribution is 5.85. The SMILES string of the molecule is CN(C)C1CCc2ccccc2C(Oc2ccccc2[N+](=O)[O-])C1.Cl. The zero-order valence-electron chi connectivity index (χ0n) is 14.4. The second-order valence-corrected chi connectivity index (χ2v) is 6.42. The van der Waals surface area contributed by atoms with E-state index in [0.717, 1.165) is 24.8 Å². The van der Waals surface area contributed by atoms with Gasteiger partial charge in [-0.1, -0.05) is 36.4 Å². The van der Waals surface area contributed by atoms with E-state index in [-0.39, 0.29) is 29.1 Å². The number of fused-ring (bicyclic) bond motifs is 1. The molecular formula is C19H23ClN2O3. The van der Waals surface area contributed by atoms with E-state index in [1.807, 2.05) is 12.1 Å². The Labute approximate surface area is 154 Å². The van der Waals surface area contributed by atoms with Gasteiger partial charge in [0.25, 0.3) is 0 Å². The topological polar surface area (TPSA) is 55.6 Å². The van der Waals surface area contributed by atoms with Crippen LogP contribution in [0.3, 0.4) is 0 Å². The summed E-state index contributed by atoms with van der Waals surface area (Å²) in [5.41, 5.74) is 2.42. The van der Waals surface area contributed by atoms with Gasteiger partial charge in [-0.05, 0) is 44.1 Å². The molecule has 0 saturated heterocycles. The van der Waals surface area contributed by atoms with E-state index in [9.17, 15) is 10.1 Å². The molecule has 2 aromatic rings. The Kier molecular flexibility index (Phi) is 6.39. The number of hydrogen-bond acceptors (Lipinski definition) is 4. The van der Waals surface area contributed by atoms with Crippen LogP contribution in [0.2, 0.25) is 0 Å². The summed E-state index contributed by atoms with van der Waals surface area (Å²) in [4.78, 5) is 13.1. The second kappa shape index (κ2) is 8.32. The molecule has 3 rings (SSSR count). The van der Waals surface area contributed by atoms with Crippen molar-refractivity contribution in [3.05, 3.63) is 69.8 Å². The molecule has 0 saturated carbocycles. The van der Waals surface area contributed by atoms with Crippen molar-refractivity contribution in [2.45, 2.75) is 31.4 Å². The van der Waals surface area contributed by atoms with Gasteiger partial charge in [-0.3, -0.25) is 10.1 Å². The van der Waals surface area contributed by atoms with E-state index in [0.29, 0.717) is 11.8 Å². The van der Waals surface area contributed by atoms with Crippen molar-refractivity contribution in [3.8, 4) is 5.75 Å². The van der Waals surface area contributed by atoms with Crippen LogP contribution >= 0.6 is 12.4 Å². The van der Waals surface area contributed by atoms with Gasteiger partial charge in [-0.2, -0.15) is 0 Å². The maximum Gasteiger partial charge on any atom is 0.310 e. The van der Waals surface area contributed by atoms with E-state index in [1.165, 1.54) is 11.6 Å². The van der Waals surface area contributed by atoms with Gasteiger partial charge in [0.15, 0.2) is 5.75 Å². The molecule has 6 heteroatoms. The zero-order chi connectivity index (χ0) is 17.1.